The summed E-state index contributed by atoms with van der Waals surface area (Å²) in [5, 5.41) is 13.6. The average Bonchev–Trinajstić information content (AvgIpc) is 2.99. The van der Waals surface area contributed by atoms with Gasteiger partial charge in [-0.05, 0) is 43.0 Å². The molecule has 2 N–H and O–H groups in total. The first kappa shape index (κ1) is 16.9. The number of nitrogens with one attached hydrogen (secondary N) is 1. The fourth-order valence-electron chi connectivity index (χ4n) is 3.00. The van der Waals surface area contributed by atoms with Crippen LogP contribution in [0.5, 0.6) is 0 Å². The van der Waals surface area contributed by atoms with Gasteiger partial charge in [0.25, 0.3) is 0 Å². The van der Waals surface area contributed by atoms with Crippen molar-refractivity contribution in [3.05, 3.63) is 29.8 Å². The van der Waals surface area contributed by atoms with Gasteiger partial charge in [-0.15, -0.1) is 11.8 Å². The number of aliphatic hydroxyl groups is 1. The topological polar surface area (TPSA) is 32.3 Å². The van der Waals surface area contributed by atoms with Gasteiger partial charge in [-0.2, -0.15) is 0 Å². The Morgan fingerprint density at radius 2 is 1.95 bits per heavy atom. The molecule has 1 atom stereocenters. The quantitative estimate of drug-likeness (QED) is 0.529. The minimum absolute atomic E-state index is 0.149. The highest BCUT2D eigenvalue weighted by Crippen LogP contribution is 2.30. The largest absolute Gasteiger partial charge is 0.392 e. The minimum atomic E-state index is -0.149. The van der Waals surface area contributed by atoms with Crippen molar-refractivity contribution in [3.8, 4) is 0 Å². The SMILES string of the molecule is CCCNCc1ccc(SCC(O)CC2CCCC2)cc1. The summed E-state index contributed by atoms with van der Waals surface area (Å²) in [5.74, 6) is 1.59. The Morgan fingerprint density at radius 1 is 1.24 bits per heavy atom. The molecule has 1 aliphatic rings. The van der Waals surface area contributed by atoms with Crippen LogP contribution in [0.1, 0.15) is 51.0 Å². The van der Waals surface area contributed by atoms with E-state index in [4.69, 9.17) is 0 Å². The van der Waals surface area contributed by atoms with Crippen LogP contribution in [-0.2, 0) is 6.54 Å². The second-order valence-electron chi connectivity index (χ2n) is 6.17. The van der Waals surface area contributed by atoms with Gasteiger partial charge in [0.05, 0.1) is 6.10 Å². The zero-order chi connectivity index (χ0) is 14.9. The molecule has 0 amide bonds. The van der Waals surface area contributed by atoms with E-state index in [-0.39, 0.29) is 6.10 Å². The third kappa shape index (κ3) is 6.41. The Balaban J connectivity index is 1.67. The van der Waals surface area contributed by atoms with Gasteiger partial charge >= 0.3 is 0 Å². The first-order chi connectivity index (χ1) is 10.3. The van der Waals surface area contributed by atoms with Crippen LogP contribution in [0.25, 0.3) is 0 Å². The highest BCUT2D eigenvalue weighted by molar-refractivity contribution is 7.99. The molecule has 0 spiro atoms. The van der Waals surface area contributed by atoms with Crippen LogP contribution in [0.3, 0.4) is 0 Å². The van der Waals surface area contributed by atoms with Crippen LogP contribution in [0.2, 0.25) is 0 Å². The summed E-state index contributed by atoms with van der Waals surface area (Å²) in [6, 6.07) is 8.73. The molecule has 0 aromatic heterocycles. The lowest BCUT2D eigenvalue weighted by atomic mass is 10.0. The van der Waals surface area contributed by atoms with Crippen molar-refractivity contribution in [2.45, 2.75) is 63.0 Å². The highest BCUT2D eigenvalue weighted by atomic mass is 32.2. The molecule has 0 heterocycles. The molecule has 1 saturated carbocycles. The number of hydrogen-bond acceptors (Lipinski definition) is 3. The molecular weight excluding hydrogens is 278 g/mol. The monoisotopic (exact) mass is 307 g/mol. The molecule has 1 aromatic carbocycles. The smallest absolute Gasteiger partial charge is 0.0636 e. The van der Waals surface area contributed by atoms with E-state index in [9.17, 15) is 5.11 Å². The molecule has 2 rings (SSSR count). The predicted octanol–water partition coefficient (Wildman–Crippen LogP) is 4.22. The van der Waals surface area contributed by atoms with E-state index < -0.39 is 0 Å². The Morgan fingerprint density at radius 3 is 2.62 bits per heavy atom. The van der Waals surface area contributed by atoms with Gasteiger partial charge in [-0.3, -0.25) is 0 Å². The number of hydrogen-bond donors (Lipinski definition) is 2. The van der Waals surface area contributed by atoms with Crippen molar-refractivity contribution in [1.82, 2.24) is 5.32 Å². The van der Waals surface area contributed by atoms with Crippen molar-refractivity contribution in [1.29, 1.82) is 0 Å². The van der Waals surface area contributed by atoms with E-state index in [1.807, 2.05) is 0 Å². The molecule has 0 radical (unpaired) electrons. The van der Waals surface area contributed by atoms with E-state index in [1.165, 1.54) is 42.6 Å². The standard InChI is InChI=1S/C18H29NOS/c1-2-11-19-13-16-7-9-18(10-8-16)21-14-17(20)12-15-5-3-4-6-15/h7-10,15,17,19-20H,2-6,11-14H2,1H3. The first-order valence-corrected chi connectivity index (χ1v) is 9.37. The Labute approximate surface area is 133 Å². The lowest BCUT2D eigenvalue weighted by Crippen LogP contribution is -2.14. The number of aliphatic hydroxyl groups excluding tert-OH is 1. The van der Waals surface area contributed by atoms with E-state index in [0.717, 1.165) is 31.2 Å². The second kappa shape index (κ2) is 9.50. The van der Waals surface area contributed by atoms with Crippen LogP contribution < -0.4 is 5.32 Å². The van der Waals surface area contributed by atoms with Gasteiger partial charge in [0, 0.05) is 17.2 Å². The number of thioether (sulfide) groups is 1. The highest BCUT2D eigenvalue weighted by Gasteiger charge is 2.18. The lowest BCUT2D eigenvalue weighted by molar-refractivity contribution is 0.166. The molecule has 2 nitrogen and oxygen atoms in total. The summed E-state index contributed by atoms with van der Waals surface area (Å²) >= 11 is 1.78. The molecule has 0 saturated heterocycles. The molecular formula is C18H29NOS. The second-order valence-corrected chi connectivity index (χ2v) is 7.27. The maximum Gasteiger partial charge on any atom is 0.0636 e. The summed E-state index contributed by atoms with van der Waals surface area (Å²) < 4.78 is 0. The molecule has 1 fully saturated rings. The first-order valence-electron chi connectivity index (χ1n) is 8.38. The van der Waals surface area contributed by atoms with Crippen LogP contribution in [-0.4, -0.2) is 23.5 Å². The predicted molar refractivity (Wildman–Crippen MR) is 91.7 cm³/mol. The molecule has 1 aromatic rings. The van der Waals surface area contributed by atoms with Crippen LogP contribution in [0.4, 0.5) is 0 Å². The van der Waals surface area contributed by atoms with Crippen LogP contribution in [0.15, 0.2) is 29.2 Å². The van der Waals surface area contributed by atoms with Crippen LogP contribution in [0, 0.1) is 5.92 Å². The third-order valence-electron chi connectivity index (χ3n) is 4.20. The van der Waals surface area contributed by atoms with E-state index >= 15 is 0 Å². The average molecular weight is 308 g/mol. The maximum atomic E-state index is 10.1. The van der Waals surface area contributed by atoms with E-state index in [0.29, 0.717) is 0 Å². The van der Waals surface area contributed by atoms with Crippen molar-refractivity contribution >= 4 is 11.8 Å². The summed E-state index contributed by atoms with van der Waals surface area (Å²) in [5.41, 5.74) is 1.33. The Hall–Kier alpha value is -0.510. The van der Waals surface area contributed by atoms with Crippen molar-refractivity contribution < 1.29 is 5.11 Å². The van der Waals surface area contributed by atoms with Crippen LogP contribution >= 0.6 is 11.8 Å². The molecule has 0 aliphatic heterocycles. The third-order valence-corrected chi connectivity index (χ3v) is 5.36. The number of rotatable bonds is 9. The molecule has 21 heavy (non-hydrogen) atoms. The molecule has 3 heteroatoms. The summed E-state index contributed by atoms with van der Waals surface area (Å²) in [7, 11) is 0. The van der Waals surface area contributed by atoms with Crippen molar-refractivity contribution in [2.24, 2.45) is 5.92 Å². The normalized spacial score (nSPS) is 17.2. The van der Waals surface area contributed by atoms with Crippen molar-refractivity contribution in [3.63, 3.8) is 0 Å². The summed E-state index contributed by atoms with van der Waals surface area (Å²) in [6.45, 7) is 4.20. The van der Waals surface area contributed by atoms with Gasteiger partial charge in [-0.1, -0.05) is 44.7 Å². The van der Waals surface area contributed by atoms with Gasteiger partial charge in [0.2, 0.25) is 0 Å². The Kier molecular flexibility index (Phi) is 7.62. The van der Waals surface area contributed by atoms with Gasteiger partial charge in [0.1, 0.15) is 0 Å². The van der Waals surface area contributed by atoms with Gasteiger partial charge in [-0.25, -0.2) is 0 Å². The Bertz CT molecular complexity index is 387. The fraction of sp³-hybridized carbons (Fsp3) is 0.667. The van der Waals surface area contributed by atoms with Gasteiger partial charge in [0.15, 0.2) is 0 Å². The summed E-state index contributed by atoms with van der Waals surface area (Å²) in [6.07, 6.45) is 7.38. The summed E-state index contributed by atoms with van der Waals surface area (Å²) in [4.78, 5) is 1.26. The zero-order valence-electron chi connectivity index (χ0n) is 13.2. The lowest BCUT2D eigenvalue weighted by Gasteiger charge is -2.15. The fourth-order valence-corrected chi connectivity index (χ4v) is 3.85. The minimum Gasteiger partial charge on any atom is -0.392 e. The molecule has 0 bridgehead atoms. The molecule has 1 unspecified atom stereocenters. The van der Waals surface area contributed by atoms with E-state index in [1.54, 1.807) is 11.8 Å². The van der Waals surface area contributed by atoms with Gasteiger partial charge < -0.3 is 10.4 Å². The molecule has 1 aliphatic carbocycles. The van der Waals surface area contributed by atoms with E-state index in [2.05, 4.69) is 36.5 Å². The zero-order valence-corrected chi connectivity index (χ0v) is 14.0. The molecule has 118 valence electrons. The number of benzene rings is 1. The van der Waals surface area contributed by atoms with Crippen molar-refractivity contribution in [2.75, 3.05) is 12.3 Å². The maximum absolute atomic E-state index is 10.1.